The quantitative estimate of drug-likeness (QED) is 0.758. The monoisotopic (exact) mass is 354 g/mol. The van der Waals surface area contributed by atoms with Crippen molar-refractivity contribution in [1.82, 2.24) is 9.78 Å². The molecule has 1 aliphatic heterocycles. The van der Waals surface area contributed by atoms with Gasteiger partial charge in [-0.05, 0) is 35.6 Å². The molecule has 0 radical (unpaired) electrons. The van der Waals surface area contributed by atoms with Crippen LogP contribution in [0.5, 0.6) is 5.75 Å². The number of carbonyl (C=O) groups excluding carboxylic acids is 1. The smallest absolute Gasteiger partial charge is 0.276 e. The third-order valence-corrected chi connectivity index (χ3v) is 5.04. The van der Waals surface area contributed by atoms with E-state index >= 15 is 0 Å². The van der Waals surface area contributed by atoms with Crippen LogP contribution < -0.4 is 15.8 Å². The minimum absolute atomic E-state index is 0.0251. The van der Waals surface area contributed by atoms with Gasteiger partial charge >= 0.3 is 0 Å². The molecule has 0 saturated carbocycles. The Kier molecular flexibility index (Phi) is 4.03. The number of nitrogens with two attached hydrogens (primary N) is 1. The van der Waals surface area contributed by atoms with Crippen LogP contribution in [0, 0.1) is 0 Å². The standard InChI is InChI=1S/C18H18N4O2S/c1-22-15(17-3-2-6-25-17)9-14(21-22)18(23)20-13-5-4-11-7-12(19)10-24-16(11)8-13/h2-6,8-9,12H,7,10,19H2,1H3,(H,20,23)/t12-/m1/s1. The highest BCUT2D eigenvalue weighted by Crippen LogP contribution is 2.28. The second-order valence-electron chi connectivity index (χ2n) is 6.07. The van der Waals surface area contributed by atoms with Gasteiger partial charge in [-0.1, -0.05) is 12.1 Å². The highest BCUT2D eigenvalue weighted by molar-refractivity contribution is 7.13. The van der Waals surface area contributed by atoms with Gasteiger partial charge in [-0.2, -0.15) is 5.10 Å². The van der Waals surface area contributed by atoms with Crippen LogP contribution in [0.3, 0.4) is 0 Å². The molecule has 1 aliphatic rings. The predicted molar refractivity (Wildman–Crippen MR) is 98.1 cm³/mol. The molecular formula is C18H18N4O2S. The van der Waals surface area contributed by atoms with Crippen molar-refractivity contribution in [3.8, 4) is 16.3 Å². The van der Waals surface area contributed by atoms with Gasteiger partial charge in [-0.15, -0.1) is 11.3 Å². The van der Waals surface area contributed by atoms with Gasteiger partial charge in [0, 0.05) is 24.8 Å². The molecule has 25 heavy (non-hydrogen) atoms. The van der Waals surface area contributed by atoms with Gasteiger partial charge < -0.3 is 15.8 Å². The van der Waals surface area contributed by atoms with Crippen molar-refractivity contribution in [3.63, 3.8) is 0 Å². The molecule has 1 atom stereocenters. The molecule has 0 fully saturated rings. The third kappa shape index (κ3) is 3.16. The number of aromatic nitrogens is 2. The van der Waals surface area contributed by atoms with Crippen LogP contribution in [0.25, 0.3) is 10.6 Å². The summed E-state index contributed by atoms with van der Waals surface area (Å²) in [5.74, 6) is 0.533. The fourth-order valence-corrected chi connectivity index (χ4v) is 3.67. The van der Waals surface area contributed by atoms with Gasteiger partial charge in [-0.25, -0.2) is 0 Å². The van der Waals surface area contributed by atoms with E-state index in [1.165, 1.54) is 0 Å². The van der Waals surface area contributed by atoms with Crippen LogP contribution in [0.1, 0.15) is 16.1 Å². The van der Waals surface area contributed by atoms with Crippen LogP contribution >= 0.6 is 11.3 Å². The first kappa shape index (κ1) is 15.9. The zero-order chi connectivity index (χ0) is 17.4. The Bertz CT molecular complexity index is 917. The number of aryl methyl sites for hydroxylation is 1. The molecule has 0 spiro atoms. The van der Waals surface area contributed by atoms with Crippen molar-refractivity contribution in [2.75, 3.05) is 11.9 Å². The Morgan fingerprint density at radius 3 is 3.08 bits per heavy atom. The lowest BCUT2D eigenvalue weighted by Crippen LogP contribution is -2.33. The Morgan fingerprint density at radius 2 is 2.28 bits per heavy atom. The Balaban J connectivity index is 1.54. The van der Waals surface area contributed by atoms with Crippen LogP contribution in [0.15, 0.2) is 41.8 Å². The first-order chi connectivity index (χ1) is 12.1. The van der Waals surface area contributed by atoms with Crippen LogP contribution in [-0.4, -0.2) is 28.3 Å². The fourth-order valence-electron chi connectivity index (χ4n) is 2.90. The van der Waals surface area contributed by atoms with Gasteiger partial charge in [0.05, 0.1) is 10.6 Å². The fraction of sp³-hybridized carbons (Fsp3) is 0.222. The molecule has 3 heterocycles. The molecule has 128 valence electrons. The molecule has 1 amide bonds. The number of ether oxygens (including phenoxy) is 1. The summed E-state index contributed by atoms with van der Waals surface area (Å²) >= 11 is 1.62. The summed E-state index contributed by atoms with van der Waals surface area (Å²) in [6, 6.07) is 11.5. The van der Waals surface area contributed by atoms with E-state index in [-0.39, 0.29) is 11.9 Å². The highest BCUT2D eigenvalue weighted by atomic mass is 32.1. The second-order valence-corrected chi connectivity index (χ2v) is 7.02. The highest BCUT2D eigenvalue weighted by Gasteiger charge is 2.18. The summed E-state index contributed by atoms with van der Waals surface area (Å²) in [6.45, 7) is 0.495. The van der Waals surface area contributed by atoms with Crippen LogP contribution in [0.2, 0.25) is 0 Å². The van der Waals surface area contributed by atoms with Crippen molar-refractivity contribution in [2.45, 2.75) is 12.5 Å². The number of nitrogens with one attached hydrogen (secondary N) is 1. The average Bonchev–Trinajstić information content (AvgIpc) is 3.24. The maximum absolute atomic E-state index is 12.5. The number of benzene rings is 1. The molecule has 4 rings (SSSR count). The molecular weight excluding hydrogens is 336 g/mol. The summed E-state index contributed by atoms with van der Waals surface area (Å²) in [6.07, 6.45) is 0.786. The lowest BCUT2D eigenvalue weighted by atomic mass is 10.0. The predicted octanol–water partition coefficient (Wildman–Crippen LogP) is 2.66. The van der Waals surface area contributed by atoms with Gasteiger partial charge in [-0.3, -0.25) is 9.48 Å². The maximum atomic E-state index is 12.5. The molecule has 0 aliphatic carbocycles. The maximum Gasteiger partial charge on any atom is 0.276 e. The Hall–Kier alpha value is -2.64. The number of anilines is 1. The second kappa shape index (κ2) is 6.34. The van der Waals surface area contributed by atoms with E-state index in [1.54, 1.807) is 22.1 Å². The van der Waals surface area contributed by atoms with E-state index in [4.69, 9.17) is 10.5 Å². The molecule has 0 unspecified atom stereocenters. The molecule has 7 heteroatoms. The van der Waals surface area contributed by atoms with Gasteiger partial charge in [0.25, 0.3) is 5.91 Å². The molecule has 0 saturated heterocycles. The summed E-state index contributed by atoms with van der Waals surface area (Å²) in [7, 11) is 1.84. The number of carbonyl (C=O) groups is 1. The number of rotatable bonds is 3. The van der Waals surface area contributed by atoms with Gasteiger partial charge in [0.15, 0.2) is 5.69 Å². The minimum atomic E-state index is -0.245. The lowest BCUT2D eigenvalue weighted by Gasteiger charge is -2.22. The van der Waals surface area contributed by atoms with E-state index in [2.05, 4.69) is 10.4 Å². The van der Waals surface area contributed by atoms with E-state index in [0.717, 1.165) is 28.3 Å². The van der Waals surface area contributed by atoms with Gasteiger partial charge in [0.1, 0.15) is 12.4 Å². The zero-order valence-electron chi connectivity index (χ0n) is 13.7. The summed E-state index contributed by atoms with van der Waals surface area (Å²) in [5, 5.41) is 9.21. The topological polar surface area (TPSA) is 82.2 Å². The van der Waals surface area contributed by atoms with E-state index < -0.39 is 0 Å². The molecule has 3 aromatic rings. The number of hydrogen-bond acceptors (Lipinski definition) is 5. The average molecular weight is 354 g/mol. The molecule has 1 aromatic carbocycles. The third-order valence-electron chi connectivity index (χ3n) is 4.15. The largest absolute Gasteiger partial charge is 0.492 e. The van der Waals surface area contributed by atoms with Crippen molar-refractivity contribution in [3.05, 3.63) is 53.0 Å². The van der Waals surface area contributed by atoms with Gasteiger partial charge in [0.2, 0.25) is 0 Å². The molecule has 3 N–H and O–H groups in total. The number of hydrogen-bond donors (Lipinski definition) is 2. The lowest BCUT2D eigenvalue weighted by molar-refractivity contribution is 0.102. The molecule has 6 nitrogen and oxygen atoms in total. The van der Waals surface area contributed by atoms with Crippen molar-refractivity contribution in [2.24, 2.45) is 12.8 Å². The number of fused-ring (bicyclic) bond motifs is 1. The van der Waals surface area contributed by atoms with Crippen LogP contribution in [0.4, 0.5) is 5.69 Å². The minimum Gasteiger partial charge on any atom is -0.492 e. The molecule has 0 bridgehead atoms. The molecule has 2 aromatic heterocycles. The first-order valence-electron chi connectivity index (χ1n) is 8.01. The number of nitrogens with zero attached hydrogens (tertiary/aromatic N) is 2. The Morgan fingerprint density at radius 1 is 1.40 bits per heavy atom. The first-order valence-corrected chi connectivity index (χ1v) is 8.88. The summed E-state index contributed by atoms with van der Waals surface area (Å²) in [5.41, 5.74) is 8.94. The summed E-state index contributed by atoms with van der Waals surface area (Å²) < 4.78 is 7.36. The number of thiophene rings is 1. The van der Waals surface area contributed by atoms with E-state index in [1.807, 2.05) is 42.8 Å². The SMILES string of the molecule is Cn1nc(C(=O)Nc2ccc3c(c2)OC[C@H](N)C3)cc1-c1cccs1. The number of amides is 1. The van der Waals surface area contributed by atoms with Crippen molar-refractivity contribution >= 4 is 22.9 Å². The van der Waals surface area contributed by atoms with E-state index in [0.29, 0.717) is 18.0 Å². The van der Waals surface area contributed by atoms with Crippen molar-refractivity contribution in [1.29, 1.82) is 0 Å². The Labute approximate surface area is 149 Å². The van der Waals surface area contributed by atoms with Crippen LogP contribution in [-0.2, 0) is 13.5 Å². The summed E-state index contributed by atoms with van der Waals surface area (Å²) in [4.78, 5) is 13.6. The normalized spacial score (nSPS) is 16.2. The van der Waals surface area contributed by atoms with Crippen molar-refractivity contribution < 1.29 is 9.53 Å². The zero-order valence-corrected chi connectivity index (χ0v) is 14.5. The van der Waals surface area contributed by atoms with E-state index in [9.17, 15) is 4.79 Å².